The van der Waals surface area contributed by atoms with Crippen LogP contribution in [0.3, 0.4) is 0 Å². The van der Waals surface area contributed by atoms with Gasteiger partial charge < -0.3 is 24.8 Å². The Labute approximate surface area is 226 Å². The van der Waals surface area contributed by atoms with Crippen LogP contribution in [0.1, 0.15) is 12.8 Å². The van der Waals surface area contributed by atoms with Crippen LogP contribution in [-0.4, -0.2) is 91.1 Å². The van der Waals surface area contributed by atoms with Crippen LogP contribution in [0.5, 0.6) is 5.75 Å². The standard InChI is InChI=1S/C26H31ClFN5O3S/c1-30-12-14-31(15-13-30)10-3-11-32-22(17-24(34)29-19-6-4-18(28)5-7-19)25(35)33(26(32)37)20-8-9-23(36-2)21(27)16-20/h4-9,16,22H,3,10-15,17H2,1-2H3,(H,29,34). The molecule has 2 aliphatic rings. The van der Waals surface area contributed by atoms with Crippen molar-refractivity contribution in [1.29, 1.82) is 0 Å². The Hall–Kier alpha value is -2.79. The molecule has 8 nitrogen and oxygen atoms in total. The van der Waals surface area contributed by atoms with Crippen molar-refractivity contribution >= 4 is 52.1 Å². The molecule has 2 aromatic rings. The van der Waals surface area contributed by atoms with E-state index in [0.717, 1.165) is 39.1 Å². The van der Waals surface area contributed by atoms with Crippen molar-refractivity contribution in [2.45, 2.75) is 18.9 Å². The summed E-state index contributed by atoms with van der Waals surface area (Å²) in [6.07, 6.45) is 0.704. The van der Waals surface area contributed by atoms with Crippen LogP contribution >= 0.6 is 23.8 Å². The third-order valence-corrected chi connectivity index (χ3v) is 7.40. The summed E-state index contributed by atoms with van der Waals surface area (Å²) in [6.45, 7) is 5.47. The molecule has 0 bridgehead atoms. The number of carbonyl (C=O) groups is 2. The van der Waals surface area contributed by atoms with Gasteiger partial charge in [0.05, 0.1) is 24.2 Å². The lowest BCUT2D eigenvalue weighted by Crippen LogP contribution is -2.45. The van der Waals surface area contributed by atoms with Gasteiger partial charge in [-0.3, -0.25) is 14.5 Å². The van der Waals surface area contributed by atoms with E-state index in [1.807, 2.05) is 4.90 Å². The van der Waals surface area contributed by atoms with Crippen LogP contribution < -0.4 is 15.0 Å². The second kappa shape index (κ2) is 12.2. The number of likely N-dealkylation sites (N-methyl/N-ethyl adjacent to an activating group) is 1. The first kappa shape index (κ1) is 27.3. The molecular weight excluding hydrogens is 517 g/mol. The molecular formula is C26H31ClFN5O3S. The van der Waals surface area contributed by atoms with Crippen molar-refractivity contribution in [2.75, 3.05) is 63.6 Å². The lowest BCUT2D eigenvalue weighted by molar-refractivity contribution is -0.124. The Morgan fingerprint density at radius 2 is 1.84 bits per heavy atom. The van der Waals surface area contributed by atoms with Crippen LogP contribution in [0, 0.1) is 5.82 Å². The number of piperazine rings is 1. The molecule has 37 heavy (non-hydrogen) atoms. The molecule has 1 N–H and O–H groups in total. The van der Waals surface area contributed by atoms with Crippen molar-refractivity contribution in [2.24, 2.45) is 0 Å². The van der Waals surface area contributed by atoms with E-state index in [2.05, 4.69) is 22.2 Å². The van der Waals surface area contributed by atoms with Gasteiger partial charge in [-0.15, -0.1) is 0 Å². The summed E-state index contributed by atoms with van der Waals surface area (Å²) in [7, 11) is 3.64. The number of carbonyl (C=O) groups excluding carboxylic acids is 2. The zero-order valence-electron chi connectivity index (χ0n) is 21.0. The summed E-state index contributed by atoms with van der Waals surface area (Å²) in [5.74, 6) is -0.552. The lowest BCUT2D eigenvalue weighted by Gasteiger charge is -2.33. The Morgan fingerprint density at radius 1 is 1.14 bits per heavy atom. The van der Waals surface area contributed by atoms with Crippen LogP contribution in [0.25, 0.3) is 0 Å². The third kappa shape index (κ3) is 6.56. The van der Waals surface area contributed by atoms with Gasteiger partial charge in [-0.05, 0) is 74.7 Å². The fourth-order valence-electron chi connectivity index (χ4n) is 4.58. The molecule has 0 aliphatic carbocycles. The maximum atomic E-state index is 13.6. The minimum Gasteiger partial charge on any atom is -0.495 e. The highest BCUT2D eigenvalue weighted by Crippen LogP contribution is 2.33. The van der Waals surface area contributed by atoms with Gasteiger partial charge in [-0.2, -0.15) is 0 Å². The molecule has 1 atom stereocenters. The number of nitrogens with one attached hydrogen (secondary N) is 1. The van der Waals surface area contributed by atoms with Gasteiger partial charge in [-0.1, -0.05) is 11.6 Å². The molecule has 0 radical (unpaired) electrons. The predicted molar refractivity (Wildman–Crippen MR) is 147 cm³/mol. The first-order valence-corrected chi connectivity index (χ1v) is 13.0. The summed E-state index contributed by atoms with van der Waals surface area (Å²) in [5.41, 5.74) is 0.978. The minimum atomic E-state index is -0.763. The summed E-state index contributed by atoms with van der Waals surface area (Å²) in [5, 5.41) is 3.44. The van der Waals surface area contributed by atoms with E-state index in [1.165, 1.54) is 36.3 Å². The monoisotopic (exact) mass is 547 g/mol. The number of rotatable bonds is 9. The Bertz CT molecular complexity index is 1140. The van der Waals surface area contributed by atoms with Crippen LogP contribution in [0.4, 0.5) is 15.8 Å². The Kier molecular flexibility index (Phi) is 8.96. The molecule has 0 aromatic heterocycles. The number of benzene rings is 2. The van der Waals surface area contributed by atoms with Crippen molar-refractivity contribution in [3.63, 3.8) is 0 Å². The molecule has 2 aliphatic heterocycles. The largest absolute Gasteiger partial charge is 0.495 e. The van der Waals surface area contributed by atoms with E-state index in [0.29, 0.717) is 33.8 Å². The van der Waals surface area contributed by atoms with Crippen LogP contribution in [0.15, 0.2) is 42.5 Å². The van der Waals surface area contributed by atoms with Gasteiger partial charge in [0.15, 0.2) is 5.11 Å². The molecule has 1 unspecified atom stereocenters. The maximum absolute atomic E-state index is 13.6. The van der Waals surface area contributed by atoms with Gasteiger partial charge in [0.25, 0.3) is 5.91 Å². The summed E-state index contributed by atoms with van der Waals surface area (Å²) >= 11 is 12.1. The second-order valence-electron chi connectivity index (χ2n) is 9.24. The number of ether oxygens (including phenoxy) is 1. The highest BCUT2D eigenvalue weighted by Gasteiger charge is 2.44. The SMILES string of the molecule is COc1ccc(N2C(=O)C(CC(=O)Nc3ccc(F)cc3)N(CCCN3CCN(C)CC3)C2=S)cc1Cl. The number of thiocarbonyl (C=S) groups is 1. The molecule has 0 saturated carbocycles. The van der Waals surface area contributed by atoms with Gasteiger partial charge in [-0.25, -0.2) is 4.39 Å². The molecule has 0 spiro atoms. The molecule has 11 heteroatoms. The summed E-state index contributed by atoms with van der Waals surface area (Å²) in [6, 6.07) is 9.77. The zero-order chi connectivity index (χ0) is 26.5. The van der Waals surface area contributed by atoms with Gasteiger partial charge in [0, 0.05) is 38.4 Å². The average Bonchev–Trinajstić information content (AvgIpc) is 3.10. The van der Waals surface area contributed by atoms with Crippen molar-refractivity contribution in [3.05, 3.63) is 53.3 Å². The molecule has 2 fully saturated rings. The van der Waals surface area contributed by atoms with Gasteiger partial charge >= 0.3 is 0 Å². The molecule has 198 valence electrons. The highest BCUT2D eigenvalue weighted by atomic mass is 35.5. The number of hydrogen-bond acceptors (Lipinski definition) is 6. The molecule has 2 heterocycles. The van der Waals surface area contributed by atoms with E-state index in [1.54, 1.807) is 18.2 Å². The number of amides is 2. The smallest absolute Gasteiger partial charge is 0.256 e. The summed E-state index contributed by atoms with van der Waals surface area (Å²) < 4.78 is 18.5. The fraction of sp³-hybridized carbons (Fsp3) is 0.423. The number of methoxy groups -OCH3 is 1. The Morgan fingerprint density at radius 3 is 2.49 bits per heavy atom. The quantitative estimate of drug-likeness (QED) is 0.482. The van der Waals surface area contributed by atoms with Crippen molar-refractivity contribution < 1.29 is 18.7 Å². The van der Waals surface area contributed by atoms with Crippen molar-refractivity contribution in [1.82, 2.24) is 14.7 Å². The minimum absolute atomic E-state index is 0.0920. The summed E-state index contributed by atoms with van der Waals surface area (Å²) in [4.78, 5) is 34.5. The molecule has 2 amide bonds. The van der Waals surface area contributed by atoms with Crippen LogP contribution in [-0.2, 0) is 9.59 Å². The lowest BCUT2D eigenvalue weighted by atomic mass is 10.1. The van der Waals surface area contributed by atoms with E-state index >= 15 is 0 Å². The van der Waals surface area contributed by atoms with Crippen molar-refractivity contribution in [3.8, 4) is 5.75 Å². The first-order chi connectivity index (χ1) is 17.8. The van der Waals surface area contributed by atoms with E-state index < -0.39 is 11.9 Å². The second-order valence-corrected chi connectivity index (χ2v) is 10.0. The maximum Gasteiger partial charge on any atom is 0.256 e. The van der Waals surface area contributed by atoms with E-state index in [-0.39, 0.29) is 18.2 Å². The zero-order valence-corrected chi connectivity index (χ0v) is 22.5. The number of anilines is 2. The number of halogens is 2. The Balaban J connectivity index is 1.49. The number of hydrogen-bond donors (Lipinski definition) is 1. The molecule has 4 rings (SSSR count). The first-order valence-electron chi connectivity index (χ1n) is 12.2. The van der Waals surface area contributed by atoms with E-state index in [9.17, 15) is 14.0 Å². The number of nitrogens with zero attached hydrogens (tertiary/aromatic N) is 4. The topological polar surface area (TPSA) is 68.4 Å². The van der Waals surface area contributed by atoms with Crippen LogP contribution in [0.2, 0.25) is 5.02 Å². The predicted octanol–water partition coefficient (Wildman–Crippen LogP) is 3.46. The third-order valence-electron chi connectivity index (χ3n) is 6.69. The van der Waals surface area contributed by atoms with E-state index in [4.69, 9.17) is 28.6 Å². The van der Waals surface area contributed by atoms with Gasteiger partial charge in [0.2, 0.25) is 5.91 Å². The molecule has 2 aromatic carbocycles. The normalized spacial score (nSPS) is 19.0. The van der Waals surface area contributed by atoms with Gasteiger partial charge in [0.1, 0.15) is 17.6 Å². The molecule has 2 saturated heterocycles. The highest BCUT2D eigenvalue weighted by molar-refractivity contribution is 7.80. The fourth-order valence-corrected chi connectivity index (χ4v) is 5.24. The average molecular weight is 548 g/mol.